The highest BCUT2D eigenvalue weighted by atomic mass is 19.4. The Morgan fingerprint density at radius 1 is 1.18 bits per heavy atom. The molecular formula is C13H17F3O. The van der Waals surface area contributed by atoms with E-state index in [-0.39, 0.29) is 6.42 Å². The first-order valence-electron chi connectivity index (χ1n) is 5.76. The number of hydrogen-bond acceptors (Lipinski definition) is 1. The molecule has 0 bridgehead atoms. The smallest absolute Gasteiger partial charge is 0.388 e. The molecule has 0 fully saturated rings. The first-order valence-corrected chi connectivity index (χ1v) is 5.76. The monoisotopic (exact) mass is 246 g/mol. The third-order valence-electron chi connectivity index (χ3n) is 2.60. The van der Waals surface area contributed by atoms with Crippen molar-refractivity contribution in [3.05, 3.63) is 35.4 Å². The number of aryl methyl sites for hydroxylation is 1. The third-order valence-corrected chi connectivity index (χ3v) is 2.60. The van der Waals surface area contributed by atoms with Crippen LogP contribution < -0.4 is 0 Å². The van der Waals surface area contributed by atoms with Crippen molar-refractivity contribution in [3.8, 4) is 0 Å². The van der Waals surface area contributed by atoms with Crippen LogP contribution in [0.1, 0.15) is 43.4 Å². The summed E-state index contributed by atoms with van der Waals surface area (Å²) in [6.45, 7) is 2.06. The lowest BCUT2D eigenvalue weighted by atomic mass is 10.0. The fourth-order valence-electron chi connectivity index (χ4n) is 1.66. The Morgan fingerprint density at radius 3 is 2.24 bits per heavy atom. The highest BCUT2D eigenvalue weighted by Crippen LogP contribution is 2.27. The average molecular weight is 246 g/mol. The number of alkyl halides is 3. The zero-order valence-electron chi connectivity index (χ0n) is 9.80. The first-order chi connectivity index (χ1) is 7.92. The zero-order valence-corrected chi connectivity index (χ0v) is 9.80. The van der Waals surface area contributed by atoms with Crippen LogP contribution in [-0.4, -0.2) is 11.3 Å². The Kier molecular flexibility index (Phi) is 5.00. The SMILES string of the molecule is CCCc1ccc(C(O)CCC(F)(F)F)cc1. The minimum absolute atomic E-state index is 0.281. The molecule has 0 spiro atoms. The number of rotatable bonds is 5. The van der Waals surface area contributed by atoms with Crippen molar-refractivity contribution >= 4 is 0 Å². The van der Waals surface area contributed by atoms with Gasteiger partial charge in [0.05, 0.1) is 6.10 Å². The molecule has 0 saturated heterocycles. The molecule has 17 heavy (non-hydrogen) atoms. The van der Waals surface area contributed by atoms with Crippen LogP contribution in [0.15, 0.2) is 24.3 Å². The van der Waals surface area contributed by atoms with Gasteiger partial charge in [-0.15, -0.1) is 0 Å². The second-order valence-electron chi connectivity index (χ2n) is 4.16. The van der Waals surface area contributed by atoms with Crippen molar-refractivity contribution < 1.29 is 18.3 Å². The van der Waals surface area contributed by atoms with Gasteiger partial charge < -0.3 is 5.11 Å². The summed E-state index contributed by atoms with van der Waals surface area (Å²) in [5.41, 5.74) is 1.69. The van der Waals surface area contributed by atoms with Crippen LogP contribution in [0.2, 0.25) is 0 Å². The molecule has 1 atom stereocenters. The van der Waals surface area contributed by atoms with Gasteiger partial charge in [0.25, 0.3) is 0 Å². The summed E-state index contributed by atoms with van der Waals surface area (Å²) in [4.78, 5) is 0. The molecule has 0 amide bonds. The minimum Gasteiger partial charge on any atom is -0.388 e. The van der Waals surface area contributed by atoms with Gasteiger partial charge in [-0.3, -0.25) is 0 Å². The molecule has 0 aliphatic carbocycles. The first kappa shape index (κ1) is 14.0. The predicted molar refractivity (Wildman–Crippen MR) is 60.7 cm³/mol. The van der Waals surface area contributed by atoms with Crippen molar-refractivity contribution in [3.63, 3.8) is 0 Å². The van der Waals surface area contributed by atoms with Crippen molar-refractivity contribution in [1.29, 1.82) is 0 Å². The molecule has 0 aliphatic heterocycles. The topological polar surface area (TPSA) is 20.2 Å². The maximum Gasteiger partial charge on any atom is 0.389 e. The summed E-state index contributed by atoms with van der Waals surface area (Å²) in [6.07, 6.45) is -4.51. The second kappa shape index (κ2) is 6.05. The number of hydrogen-bond donors (Lipinski definition) is 1. The summed E-state index contributed by atoms with van der Waals surface area (Å²) in [5, 5.41) is 9.60. The molecule has 0 aromatic heterocycles. The fraction of sp³-hybridized carbons (Fsp3) is 0.538. The molecule has 1 aromatic rings. The van der Waals surface area contributed by atoms with Crippen molar-refractivity contribution in [1.82, 2.24) is 0 Å². The maximum atomic E-state index is 12.0. The lowest BCUT2D eigenvalue weighted by molar-refractivity contribution is -0.140. The van der Waals surface area contributed by atoms with Crippen LogP contribution in [0, 0.1) is 0 Å². The van der Waals surface area contributed by atoms with Gasteiger partial charge in [-0.1, -0.05) is 37.6 Å². The maximum absolute atomic E-state index is 12.0. The van der Waals surface area contributed by atoms with E-state index in [4.69, 9.17) is 0 Å². The van der Waals surface area contributed by atoms with Crippen molar-refractivity contribution in [2.75, 3.05) is 0 Å². The number of halogens is 3. The Morgan fingerprint density at radius 2 is 1.76 bits per heavy atom. The van der Waals surface area contributed by atoms with E-state index in [9.17, 15) is 18.3 Å². The molecule has 1 aromatic carbocycles. The van der Waals surface area contributed by atoms with Crippen LogP contribution in [0.5, 0.6) is 0 Å². The lowest BCUT2D eigenvalue weighted by Crippen LogP contribution is -2.10. The summed E-state index contributed by atoms with van der Waals surface area (Å²) in [5.74, 6) is 0. The number of benzene rings is 1. The largest absolute Gasteiger partial charge is 0.389 e. The molecule has 1 unspecified atom stereocenters. The van der Waals surface area contributed by atoms with E-state index in [0.717, 1.165) is 18.4 Å². The van der Waals surface area contributed by atoms with Gasteiger partial charge in [0, 0.05) is 6.42 Å². The van der Waals surface area contributed by atoms with E-state index in [1.165, 1.54) is 0 Å². The Labute approximate surface area is 99.3 Å². The molecule has 4 heteroatoms. The molecule has 0 radical (unpaired) electrons. The van der Waals surface area contributed by atoms with Crippen LogP contribution in [0.4, 0.5) is 13.2 Å². The summed E-state index contributed by atoms with van der Waals surface area (Å²) < 4.78 is 36.0. The Balaban J connectivity index is 2.54. The molecule has 1 N–H and O–H groups in total. The van der Waals surface area contributed by atoms with Gasteiger partial charge in [-0.2, -0.15) is 13.2 Å². The summed E-state index contributed by atoms with van der Waals surface area (Å²) in [7, 11) is 0. The lowest BCUT2D eigenvalue weighted by Gasteiger charge is -2.13. The standard InChI is InChI=1S/C13H17F3O/c1-2-3-10-4-6-11(7-5-10)12(17)8-9-13(14,15)16/h4-7,12,17H,2-3,8-9H2,1H3. The predicted octanol–water partition coefficient (Wildman–Crippen LogP) is 4.02. The van der Waals surface area contributed by atoms with Crippen molar-refractivity contribution in [2.24, 2.45) is 0 Å². The second-order valence-corrected chi connectivity index (χ2v) is 4.16. The molecule has 0 heterocycles. The number of aliphatic hydroxyl groups is 1. The van der Waals surface area contributed by atoms with Gasteiger partial charge in [0.1, 0.15) is 0 Å². The van der Waals surface area contributed by atoms with Crippen LogP contribution in [0.25, 0.3) is 0 Å². The quantitative estimate of drug-likeness (QED) is 0.832. The summed E-state index contributed by atoms with van der Waals surface area (Å²) in [6, 6.07) is 7.11. The highest BCUT2D eigenvalue weighted by molar-refractivity contribution is 5.24. The van der Waals surface area contributed by atoms with Gasteiger partial charge in [-0.25, -0.2) is 0 Å². The van der Waals surface area contributed by atoms with E-state index >= 15 is 0 Å². The molecule has 0 aliphatic rings. The van der Waals surface area contributed by atoms with Crippen LogP contribution >= 0.6 is 0 Å². The Bertz CT molecular complexity index is 330. The average Bonchev–Trinajstić information content (AvgIpc) is 2.26. The molecule has 96 valence electrons. The fourth-order valence-corrected chi connectivity index (χ4v) is 1.66. The van der Waals surface area contributed by atoms with E-state index in [1.807, 2.05) is 12.1 Å². The van der Waals surface area contributed by atoms with Crippen molar-refractivity contribution in [2.45, 2.75) is 44.9 Å². The van der Waals surface area contributed by atoms with E-state index in [1.54, 1.807) is 12.1 Å². The molecule has 1 nitrogen and oxygen atoms in total. The number of aliphatic hydroxyl groups excluding tert-OH is 1. The molecule has 1 rings (SSSR count). The van der Waals surface area contributed by atoms with Gasteiger partial charge in [0.15, 0.2) is 0 Å². The van der Waals surface area contributed by atoms with Gasteiger partial charge in [0.2, 0.25) is 0 Å². The van der Waals surface area contributed by atoms with Crippen LogP contribution in [-0.2, 0) is 6.42 Å². The van der Waals surface area contributed by atoms with Crippen LogP contribution in [0.3, 0.4) is 0 Å². The highest BCUT2D eigenvalue weighted by Gasteiger charge is 2.28. The van der Waals surface area contributed by atoms with E-state index < -0.39 is 18.7 Å². The Hall–Kier alpha value is -1.03. The van der Waals surface area contributed by atoms with Gasteiger partial charge in [-0.05, 0) is 24.0 Å². The van der Waals surface area contributed by atoms with E-state index in [0.29, 0.717) is 5.56 Å². The van der Waals surface area contributed by atoms with E-state index in [2.05, 4.69) is 6.92 Å². The minimum atomic E-state index is -4.21. The third kappa shape index (κ3) is 5.22. The van der Waals surface area contributed by atoms with Gasteiger partial charge >= 0.3 is 6.18 Å². The molecular weight excluding hydrogens is 229 g/mol. The zero-order chi connectivity index (χ0) is 12.9. The summed E-state index contributed by atoms with van der Waals surface area (Å²) >= 11 is 0. The normalized spacial score (nSPS) is 13.7. The molecule has 0 saturated carbocycles.